The van der Waals surface area contributed by atoms with Crippen LogP contribution in [0, 0.1) is 0 Å². The molecular formula is C22H26ClNO4. The van der Waals surface area contributed by atoms with Crippen LogP contribution in [0.5, 0.6) is 5.75 Å². The zero-order chi connectivity index (χ0) is 20.7. The molecule has 0 radical (unpaired) electrons. The summed E-state index contributed by atoms with van der Waals surface area (Å²) < 4.78 is 10.5. The normalized spacial score (nSPS) is 12.8. The van der Waals surface area contributed by atoms with Crippen molar-refractivity contribution in [3.63, 3.8) is 0 Å². The van der Waals surface area contributed by atoms with Crippen molar-refractivity contribution >= 4 is 29.2 Å². The van der Waals surface area contributed by atoms with E-state index in [4.69, 9.17) is 21.1 Å². The Morgan fingerprint density at radius 1 is 1.14 bits per heavy atom. The van der Waals surface area contributed by atoms with Crippen molar-refractivity contribution in [3.05, 3.63) is 58.6 Å². The Kier molecular flexibility index (Phi) is 7.88. The molecule has 0 saturated carbocycles. The SMILES string of the molecule is CC[C@@H](C)c1ccccc1NC(=O)[C@@H](C)OC(=O)Cc1cc(Cl)ccc1OC. The Hall–Kier alpha value is -2.53. The van der Waals surface area contributed by atoms with Gasteiger partial charge >= 0.3 is 5.97 Å². The molecule has 5 nitrogen and oxygen atoms in total. The van der Waals surface area contributed by atoms with Crippen LogP contribution in [-0.2, 0) is 20.7 Å². The van der Waals surface area contributed by atoms with Gasteiger partial charge in [0.2, 0.25) is 0 Å². The van der Waals surface area contributed by atoms with Gasteiger partial charge in [0, 0.05) is 16.3 Å². The van der Waals surface area contributed by atoms with Crippen molar-refractivity contribution in [2.24, 2.45) is 0 Å². The molecule has 0 heterocycles. The molecule has 1 amide bonds. The third-order valence-electron chi connectivity index (χ3n) is 4.62. The first-order chi connectivity index (χ1) is 13.3. The molecule has 2 aromatic rings. The van der Waals surface area contributed by atoms with Crippen molar-refractivity contribution in [1.82, 2.24) is 0 Å². The van der Waals surface area contributed by atoms with Crippen LogP contribution in [0.1, 0.15) is 44.2 Å². The highest BCUT2D eigenvalue weighted by molar-refractivity contribution is 6.30. The lowest BCUT2D eigenvalue weighted by Crippen LogP contribution is -2.31. The van der Waals surface area contributed by atoms with Gasteiger partial charge in [-0.2, -0.15) is 0 Å². The largest absolute Gasteiger partial charge is 0.496 e. The van der Waals surface area contributed by atoms with Gasteiger partial charge in [0.15, 0.2) is 6.10 Å². The quantitative estimate of drug-likeness (QED) is 0.631. The molecule has 0 unspecified atom stereocenters. The van der Waals surface area contributed by atoms with Crippen LogP contribution in [0.2, 0.25) is 5.02 Å². The topological polar surface area (TPSA) is 64.6 Å². The Morgan fingerprint density at radius 2 is 1.86 bits per heavy atom. The molecule has 0 bridgehead atoms. The minimum Gasteiger partial charge on any atom is -0.496 e. The number of para-hydroxylation sites is 1. The second-order valence-corrected chi connectivity index (χ2v) is 7.09. The van der Waals surface area contributed by atoms with Crippen LogP contribution in [0.15, 0.2) is 42.5 Å². The van der Waals surface area contributed by atoms with Crippen molar-refractivity contribution in [1.29, 1.82) is 0 Å². The van der Waals surface area contributed by atoms with Gasteiger partial charge in [-0.15, -0.1) is 0 Å². The number of hydrogen-bond donors (Lipinski definition) is 1. The molecular weight excluding hydrogens is 378 g/mol. The lowest BCUT2D eigenvalue weighted by molar-refractivity contribution is -0.152. The summed E-state index contributed by atoms with van der Waals surface area (Å²) in [5.41, 5.74) is 2.40. The summed E-state index contributed by atoms with van der Waals surface area (Å²) in [7, 11) is 1.52. The monoisotopic (exact) mass is 403 g/mol. The number of rotatable bonds is 8. The van der Waals surface area contributed by atoms with E-state index in [1.165, 1.54) is 7.11 Å². The molecule has 0 aromatic heterocycles. The highest BCUT2D eigenvalue weighted by Gasteiger charge is 2.21. The number of carbonyl (C=O) groups is 2. The number of carbonyl (C=O) groups excluding carboxylic acids is 2. The third-order valence-corrected chi connectivity index (χ3v) is 4.85. The minimum atomic E-state index is -0.928. The van der Waals surface area contributed by atoms with E-state index in [9.17, 15) is 9.59 Å². The smallest absolute Gasteiger partial charge is 0.311 e. The molecule has 0 aliphatic rings. The summed E-state index contributed by atoms with van der Waals surface area (Å²) in [4.78, 5) is 24.8. The molecule has 150 valence electrons. The molecule has 28 heavy (non-hydrogen) atoms. The fourth-order valence-corrected chi connectivity index (χ4v) is 3.02. The summed E-state index contributed by atoms with van der Waals surface area (Å²) in [5, 5.41) is 3.36. The fourth-order valence-electron chi connectivity index (χ4n) is 2.83. The summed E-state index contributed by atoms with van der Waals surface area (Å²) >= 11 is 5.98. The molecule has 0 saturated heterocycles. The molecule has 0 aliphatic heterocycles. The number of methoxy groups -OCH3 is 1. The van der Waals surface area contributed by atoms with Crippen molar-refractivity contribution < 1.29 is 19.1 Å². The first kappa shape index (κ1) is 21.8. The molecule has 2 rings (SSSR count). The number of amides is 1. The predicted octanol–water partition coefficient (Wildman–Crippen LogP) is 4.98. The van der Waals surface area contributed by atoms with E-state index in [0.717, 1.165) is 17.7 Å². The lowest BCUT2D eigenvalue weighted by Gasteiger charge is -2.18. The maximum Gasteiger partial charge on any atom is 0.311 e. The van der Waals surface area contributed by atoms with E-state index < -0.39 is 12.1 Å². The van der Waals surface area contributed by atoms with Crippen LogP contribution < -0.4 is 10.1 Å². The molecule has 0 fully saturated rings. The number of anilines is 1. The summed E-state index contributed by atoms with van der Waals surface area (Å²) in [6.07, 6.45) is -0.00775. The summed E-state index contributed by atoms with van der Waals surface area (Å²) in [6, 6.07) is 12.7. The van der Waals surface area contributed by atoms with Crippen molar-refractivity contribution in [3.8, 4) is 5.75 Å². The molecule has 2 aromatic carbocycles. The highest BCUT2D eigenvalue weighted by atomic mass is 35.5. The van der Waals surface area contributed by atoms with Gasteiger partial charge < -0.3 is 14.8 Å². The van der Waals surface area contributed by atoms with Gasteiger partial charge in [0.1, 0.15) is 5.75 Å². The zero-order valence-corrected chi connectivity index (χ0v) is 17.4. The Labute approximate surface area is 171 Å². The molecule has 0 aliphatic carbocycles. The molecule has 6 heteroatoms. The maximum atomic E-state index is 12.5. The maximum absolute atomic E-state index is 12.5. The van der Waals surface area contributed by atoms with Crippen LogP contribution in [-0.4, -0.2) is 25.1 Å². The molecule has 0 spiro atoms. The molecule has 2 atom stereocenters. The third kappa shape index (κ3) is 5.73. The van der Waals surface area contributed by atoms with Crippen LogP contribution in [0.25, 0.3) is 0 Å². The van der Waals surface area contributed by atoms with E-state index in [-0.39, 0.29) is 12.3 Å². The number of hydrogen-bond acceptors (Lipinski definition) is 4. The van der Waals surface area contributed by atoms with E-state index in [2.05, 4.69) is 19.2 Å². The minimum absolute atomic E-state index is 0.0369. The van der Waals surface area contributed by atoms with E-state index in [1.807, 2.05) is 24.3 Å². The van der Waals surface area contributed by atoms with E-state index in [1.54, 1.807) is 25.1 Å². The van der Waals surface area contributed by atoms with Gasteiger partial charge in [-0.25, -0.2) is 0 Å². The predicted molar refractivity (Wildman–Crippen MR) is 111 cm³/mol. The number of esters is 1. The number of benzene rings is 2. The van der Waals surface area contributed by atoms with E-state index in [0.29, 0.717) is 22.3 Å². The van der Waals surface area contributed by atoms with Gasteiger partial charge in [-0.3, -0.25) is 9.59 Å². The van der Waals surface area contributed by atoms with Crippen LogP contribution in [0.3, 0.4) is 0 Å². The number of halogens is 1. The van der Waals surface area contributed by atoms with Crippen LogP contribution in [0.4, 0.5) is 5.69 Å². The van der Waals surface area contributed by atoms with Crippen LogP contribution >= 0.6 is 11.6 Å². The molecule has 1 N–H and O–H groups in total. The number of ether oxygens (including phenoxy) is 2. The van der Waals surface area contributed by atoms with Crippen molar-refractivity contribution in [2.45, 2.75) is 45.6 Å². The fraction of sp³-hybridized carbons (Fsp3) is 0.364. The Morgan fingerprint density at radius 3 is 2.54 bits per heavy atom. The second kappa shape index (κ2) is 10.1. The lowest BCUT2D eigenvalue weighted by atomic mass is 9.97. The number of nitrogens with one attached hydrogen (secondary N) is 1. The average molecular weight is 404 g/mol. The van der Waals surface area contributed by atoms with Gasteiger partial charge in [0.05, 0.1) is 13.5 Å². The standard InChI is InChI=1S/C22H26ClNO4/c1-5-14(2)18-8-6-7-9-19(18)24-22(26)15(3)28-21(25)13-16-12-17(23)10-11-20(16)27-4/h6-12,14-15H,5,13H2,1-4H3,(H,24,26)/t14-,15-/m1/s1. The Bertz CT molecular complexity index is 837. The van der Waals surface area contributed by atoms with Gasteiger partial charge in [-0.05, 0) is 49.1 Å². The summed E-state index contributed by atoms with van der Waals surface area (Å²) in [6.45, 7) is 5.75. The summed E-state index contributed by atoms with van der Waals surface area (Å²) in [5.74, 6) is -0.0498. The highest BCUT2D eigenvalue weighted by Crippen LogP contribution is 2.27. The Balaban J connectivity index is 2.01. The second-order valence-electron chi connectivity index (χ2n) is 6.65. The average Bonchev–Trinajstić information content (AvgIpc) is 2.67. The first-order valence-electron chi connectivity index (χ1n) is 9.27. The van der Waals surface area contributed by atoms with Gasteiger partial charge in [-0.1, -0.05) is 43.6 Å². The van der Waals surface area contributed by atoms with Gasteiger partial charge in [0.25, 0.3) is 5.91 Å². The first-order valence-corrected chi connectivity index (χ1v) is 9.65. The van der Waals surface area contributed by atoms with Crippen molar-refractivity contribution in [2.75, 3.05) is 12.4 Å². The van der Waals surface area contributed by atoms with E-state index >= 15 is 0 Å². The zero-order valence-electron chi connectivity index (χ0n) is 16.6.